The van der Waals surface area contributed by atoms with Gasteiger partial charge in [0.15, 0.2) is 5.69 Å². The molecule has 1 aromatic heterocycles. The molecule has 1 N–H and O–H groups in total. The topological polar surface area (TPSA) is 67.2 Å². The van der Waals surface area contributed by atoms with E-state index in [2.05, 4.69) is 24.3 Å². The van der Waals surface area contributed by atoms with Gasteiger partial charge in [-0.25, -0.2) is 4.68 Å². The van der Waals surface area contributed by atoms with Gasteiger partial charge in [0.25, 0.3) is 11.5 Å². The summed E-state index contributed by atoms with van der Waals surface area (Å²) in [5.41, 5.74) is 0.276. The number of aryl methyl sites for hydroxylation is 1. The number of nitrogens with zero attached hydrogens (tertiary/aromatic N) is 3. The third-order valence-corrected chi connectivity index (χ3v) is 4.70. The lowest BCUT2D eigenvalue weighted by Gasteiger charge is -2.31. The van der Waals surface area contributed by atoms with Crippen molar-refractivity contribution in [2.45, 2.75) is 45.7 Å². The van der Waals surface area contributed by atoms with Crippen molar-refractivity contribution >= 4 is 16.7 Å². The van der Waals surface area contributed by atoms with Crippen LogP contribution in [0.4, 0.5) is 0 Å². The van der Waals surface area contributed by atoms with Gasteiger partial charge < -0.3 is 10.2 Å². The summed E-state index contributed by atoms with van der Waals surface area (Å²) < 4.78 is 1.47. The summed E-state index contributed by atoms with van der Waals surface area (Å²) in [7, 11) is 0. The van der Waals surface area contributed by atoms with Crippen molar-refractivity contribution in [3.63, 3.8) is 0 Å². The van der Waals surface area contributed by atoms with Crippen LogP contribution in [0.15, 0.2) is 29.1 Å². The Morgan fingerprint density at radius 1 is 1.28 bits per heavy atom. The first-order valence-electron chi connectivity index (χ1n) is 9.14. The molecule has 1 aliphatic heterocycles. The average molecular weight is 342 g/mol. The van der Waals surface area contributed by atoms with E-state index < -0.39 is 0 Å². The first-order valence-corrected chi connectivity index (χ1v) is 9.14. The number of amides is 1. The molecule has 2 heterocycles. The van der Waals surface area contributed by atoms with Gasteiger partial charge in [0.2, 0.25) is 0 Å². The van der Waals surface area contributed by atoms with Crippen LogP contribution in [-0.4, -0.2) is 46.3 Å². The highest BCUT2D eigenvalue weighted by molar-refractivity contribution is 6.04. The summed E-state index contributed by atoms with van der Waals surface area (Å²) in [6.07, 6.45) is 3.01. The van der Waals surface area contributed by atoms with Crippen LogP contribution in [0, 0.1) is 0 Å². The van der Waals surface area contributed by atoms with Gasteiger partial charge in [-0.1, -0.05) is 38.0 Å². The third kappa shape index (κ3) is 3.74. The molecule has 134 valence electrons. The number of piperazine rings is 1. The Hall–Kier alpha value is -2.21. The van der Waals surface area contributed by atoms with Gasteiger partial charge in [0.05, 0.1) is 5.39 Å². The molecule has 0 aliphatic carbocycles. The van der Waals surface area contributed by atoms with Crippen molar-refractivity contribution in [3.05, 3.63) is 40.3 Å². The fourth-order valence-corrected chi connectivity index (χ4v) is 3.32. The number of fused-ring (bicyclic) bond motifs is 1. The molecule has 0 radical (unpaired) electrons. The van der Waals surface area contributed by atoms with Crippen LogP contribution in [0.5, 0.6) is 0 Å². The van der Waals surface area contributed by atoms with E-state index in [1.54, 1.807) is 6.07 Å². The van der Waals surface area contributed by atoms with Crippen LogP contribution >= 0.6 is 0 Å². The fraction of sp³-hybridized carbons (Fsp3) is 0.526. The van der Waals surface area contributed by atoms with Gasteiger partial charge in [-0.15, -0.1) is 0 Å². The predicted molar refractivity (Wildman–Crippen MR) is 98.9 cm³/mol. The second kappa shape index (κ2) is 7.78. The van der Waals surface area contributed by atoms with E-state index in [-0.39, 0.29) is 17.5 Å². The molecule has 2 aromatic rings. The molecular weight excluding hydrogens is 316 g/mol. The number of aromatic nitrogens is 2. The highest BCUT2D eigenvalue weighted by Crippen LogP contribution is 2.16. The van der Waals surface area contributed by atoms with Gasteiger partial charge in [-0.2, -0.15) is 5.10 Å². The molecule has 3 rings (SSSR count). The minimum Gasteiger partial charge on any atom is -0.334 e. The maximum Gasteiger partial charge on any atom is 0.275 e. The van der Waals surface area contributed by atoms with Crippen molar-refractivity contribution in [3.8, 4) is 0 Å². The van der Waals surface area contributed by atoms with Crippen LogP contribution in [-0.2, 0) is 6.54 Å². The van der Waals surface area contributed by atoms with E-state index in [1.165, 1.54) is 4.68 Å². The van der Waals surface area contributed by atoms with Gasteiger partial charge >= 0.3 is 0 Å². The molecule has 1 amide bonds. The number of carbonyl (C=O) groups excluding carboxylic acids is 1. The van der Waals surface area contributed by atoms with E-state index in [1.807, 2.05) is 23.1 Å². The molecule has 25 heavy (non-hydrogen) atoms. The summed E-state index contributed by atoms with van der Waals surface area (Å²) in [5, 5.41) is 9.02. The molecule has 0 saturated carbocycles. The Labute approximate surface area is 147 Å². The standard InChI is InChI=1S/C19H26N4O2/c1-3-4-7-11-23-18(24)16-9-6-5-8-15(16)17(21-23)19(25)22-12-10-20-14(2)13-22/h5-6,8-9,14,20H,3-4,7,10-13H2,1-2H3. The van der Waals surface area contributed by atoms with E-state index in [0.717, 1.165) is 25.8 Å². The van der Waals surface area contributed by atoms with Crippen LogP contribution in [0.3, 0.4) is 0 Å². The summed E-state index contributed by atoms with van der Waals surface area (Å²) in [6, 6.07) is 7.55. The zero-order chi connectivity index (χ0) is 17.8. The molecule has 0 bridgehead atoms. The zero-order valence-corrected chi connectivity index (χ0v) is 15.0. The molecule has 0 spiro atoms. The number of rotatable bonds is 5. The van der Waals surface area contributed by atoms with Crippen molar-refractivity contribution in [1.29, 1.82) is 0 Å². The number of benzene rings is 1. The quantitative estimate of drug-likeness (QED) is 0.844. The normalized spacial score (nSPS) is 17.8. The SMILES string of the molecule is CCCCCn1nc(C(=O)N2CCNC(C)C2)c2ccccc2c1=O. The van der Waals surface area contributed by atoms with Crippen molar-refractivity contribution in [2.75, 3.05) is 19.6 Å². The van der Waals surface area contributed by atoms with Gasteiger partial charge in [0.1, 0.15) is 0 Å². The Morgan fingerprint density at radius 3 is 2.76 bits per heavy atom. The largest absolute Gasteiger partial charge is 0.334 e. The number of carbonyl (C=O) groups is 1. The maximum absolute atomic E-state index is 13.1. The number of nitrogens with one attached hydrogen (secondary N) is 1. The summed E-state index contributed by atoms with van der Waals surface area (Å²) in [6.45, 7) is 6.84. The molecule has 1 fully saturated rings. The highest BCUT2D eigenvalue weighted by Gasteiger charge is 2.25. The molecule has 1 aromatic carbocycles. The van der Waals surface area contributed by atoms with E-state index in [0.29, 0.717) is 36.1 Å². The lowest BCUT2D eigenvalue weighted by atomic mass is 10.1. The molecule has 6 heteroatoms. The second-order valence-corrected chi connectivity index (χ2v) is 6.74. The molecule has 1 aliphatic rings. The lowest BCUT2D eigenvalue weighted by Crippen LogP contribution is -2.51. The Bertz CT molecular complexity index is 815. The molecule has 1 atom stereocenters. The number of unbranched alkanes of at least 4 members (excludes halogenated alkanes) is 2. The van der Waals surface area contributed by atoms with E-state index in [9.17, 15) is 9.59 Å². The third-order valence-electron chi connectivity index (χ3n) is 4.70. The Kier molecular flexibility index (Phi) is 5.48. The van der Waals surface area contributed by atoms with Crippen LogP contribution in [0.1, 0.15) is 43.6 Å². The average Bonchev–Trinajstić information content (AvgIpc) is 2.63. The molecule has 1 unspecified atom stereocenters. The van der Waals surface area contributed by atoms with E-state index >= 15 is 0 Å². The Morgan fingerprint density at radius 2 is 2.04 bits per heavy atom. The zero-order valence-electron chi connectivity index (χ0n) is 15.0. The van der Waals surface area contributed by atoms with Gasteiger partial charge in [-0.05, 0) is 19.4 Å². The first kappa shape index (κ1) is 17.6. The minimum absolute atomic E-state index is 0.0891. The van der Waals surface area contributed by atoms with Crippen molar-refractivity contribution in [2.24, 2.45) is 0 Å². The number of hydrogen-bond acceptors (Lipinski definition) is 4. The van der Waals surface area contributed by atoms with Gasteiger partial charge in [0, 0.05) is 37.6 Å². The Balaban J connectivity index is 2.02. The summed E-state index contributed by atoms with van der Waals surface area (Å²) in [5.74, 6) is -0.0891. The first-order chi connectivity index (χ1) is 12.1. The second-order valence-electron chi connectivity index (χ2n) is 6.74. The van der Waals surface area contributed by atoms with Crippen LogP contribution in [0.25, 0.3) is 10.8 Å². The minimum atomic E-state index is -0.114. The fourth-order valence-electron chi connectivity index (χ4n) is 3.32. The molecular formula is C19H26N4O2. The molecule has 6 nitrogen and oxygen atoms in total. The van der Waals surface area contributed by atoms with E-state index in [4.69, 9.17) is 0 Å². The van der Waals surface area contributed by atoms with Crippen molar-refractivity contribution < 1.29 is 4.79 Å². The summed E-state index contributed by atoms with van der Waals surface area (Å²) in [4.78, 5) is 27.6. The number of hydrogen-bond donors (Lipinski definition) is 1. The smallest absolute Gasteiger partial charge is 0.275 e. The maximum atomic E-state index is 13.1. The summed E-state index contributed by atoms with van der Waals surface area (Å²) >= 11 is 0. The predicted octanol–water partition coefficient (Wildman–Crippen LogP) is 2.02. The van der Waals surface area contributed by atoms with Crippen LogP contribution < -0.4 is 10.9 Å². The monoisotopic (exact) mass is 342 g/mol. The highest BCUT2D eigenvalue weighted by atomic mass is 16.2. The van der Waals surface area contributed by atoms with Crippen LogP contribution in [0.2, 0.25) is 0 Å². The molecule has 1 saturated heterocycles. The van der Waals surface area contributed by atoms with Gasteiger partial charge in [-0.3, -0.25) is 9.59 Å². The van der Waals surface area contributed by atoms with Crippen molar-refractivity contribution in [1.82, 2.24) is 20.0 Å². The lowest BCUT2D eigenvalue weighted by molar-refractivity contribution is 0.0702.